The summed E-state index contributed by atoms with van der Waals surface area (Å²) in [5.74, 6) is 0.245. The minimum atomic E-state index is -4.23. The van der Waals surface area contributed by atoms with Gasteiger partial charge in [0.05, 0.1) is 11.4 Å². The van der Waals surface area contributed by atoms with Crippen molar-refractivity contribution in [3.05, 3.63) is 30.1 Å². The molecular formula is C16H19Br2N5O5S. The van der Waals surface area contributed by atoms with Crippen LogP contribution in [0.15, 0.2) is 29.2 Å². The van der Waals surface area contributed by atoms with Crippen molar-refractivity contribution < 1.29 is 22.7 Å². The van der Waals surface area contributed by atoms with E-state index in [-0.39, 0.29) is 29.2 Å². The molecule has 0 saturated heterocycles. The number of halogens is 2. The van der Waals surface area contributed by atoms with Gasteiger partial charge in [-0.25, -0.2) is 17.9 Å². The van der Waals surface area contributed by atoms with Crippen molar-refractivity contribution in [2.75, 3.05) is 24.4 Å². The number of hydrogen-bond donors (Lipinski definition) is 2. The van der Waals surface area contributed by atoms with Gasteiger partial charge in [-0.1, -0.05) is 44.0 Å². The molecule has 0 bridgehead atoms. The molecule has 0 aliphatic rings. The number of rotatable bonds is 8. The Labute approximate surface area is 185 Å². The Morgan fingerprint density at radius 2 is 1.93 bits per heavy atom. The third-order valence-electron chi connectivity index (χ3n) is 3.31. The first-order chi connectivity index (χ1) is 13.6. The molecule has 0 fully saturated rings. The average Bonchev–Trinajstić information content (AvgIpc) is 2.65. The van der Waals surface area contributed by atoms with Crippen LogP contribution in [-0.2, 0) is 10.0 Å². The highest BCUT2D eigenvalue weighted by atomic mass is 79.9. The highest BCUT2D eigenvalue weighted by Crippen LogP contribution is 2.27. The van der Waals surface area contributed by atoms with E-state index in [0.29, 0.717) is 11.2 Å². The van der Waals surface area contributed by atoms with Crippen molar-refractivity contribution >= 4 is 53.9 Å². The number of aromatic nitrogens is 3. The van der Waals surface area contributed by atoms with Crippen molar-refractivity contribution in [1.82, 2.24) is 19.7 Å². The van der Waals surface area contributed by atoms with E-state index in [0.717, 1.165) is 0 Å². The van der Waals surface area contributed by atoms with Gasteiger partial charge < -0.3 is 9.47 Å². The molecule has 29 heavy (non-hydrogen) atoms. The Kier molecular flexibility index (Phi) is 7.77. The first kappa shape index (κ1) is 23.3. The fourth-order valence-electron chi connectivity index (χ4n) is 1.97. The summed E-state index contributed by atoms with van der Waals surface area (Å²) in [7, 11) is -2.87. The Morgan fingerprint density at radius 1 is 1.24 bits per heavy atom. The van der Waals surface area contributed by atoms with Crippen LogP contribution in [0.5, 0.6) is 11.8 Å². The number of sulfonamides is 1. The van der Waals surface area contributed by atoms with E-state index in [9.17, 15) is 13.2 Å². The number of para-hydroxylation sites is 1. The Hall–Kier alpha value is -1.99. The molecule has 1 unspecified atom stereocenters. The quantitative estimate of drug-likeness (QED) is 0.477. The highest BCUT2D eigenvalue weighted by molar-refractivity contribution is 9.12. The van der Waals surface area contributed by atoms with E-state index in [1.807, 2.05) is 11.6 Å². The SMILES string of the molecule is COc1nc(C)nc(NC(=O)NS(=O)(=O)c2ccccc2OCC(C)(Br)CBr)n1. The van der Waals surface area contributed by atoms with Gasteiger partial charge in [0, 0.05) is 5.33 Å². The molecule has 13 heteroatoms. The van der Waals surface area contributed by atoms with Crippen molar-refractivity contribution in [2.24, 2.45) is 0 Å². The molecule has 0 radical (unpaired) electrons. The van der Waals surface area contributed by atoms with Gasteiger partial charge in [-0.15, -0.1) is 0 Å². The van der Waals surface area contributed by atoms with E-state index in [1.165, 1.54) is 25.3 Å². The van der Waals surface area contributed by atoms with Gasteiger partial charge in [-0.05, 0) is 26.0 Å². The van der Waals surface area contributed by atoms with Crippen LogP contribution < -0.4 is 19.5 Å². The number of ether oxygens (including phenoxy) is 2. The number of aryl methyl sites for hydroxylation is 1. The largest absolute Gasteiger partial charge is 0.491 e. The summed E-state index contributed by atoms with van der Waals surface area (Å²) in [5.41, 5.74) is 0. The number of benzene rings is 1. The molecule has 0 saturated carbocycles. The molecule has 1 heterocycles. The van der Waals surface area contributed by atoms with Crippen LogP contribution in [0.4, 0.5) is 10.7 Å². The van der Waals surface area contributed by atoms with Crippen LogP contribution in [0.1, 0.15) is 12.7 Å². The number of hydrogen-bond acceptors (Lipinski definition) is 8. The van der Waals surface area contributed by atoms with Crippen molar-refractivity contribution in [1.29, 1.82) is 0 Å². The maximum absolute atomic E-state index is 12.7. The predicted octanol–water partition coefficient (Wildman–Crippen LogP) is 2.63. The molecule has 0 spiro atoms. The lowest BCUT2D eigenvalue weighted by molar-refractivity contribution is 0.256. The molecular weight excluding hydrogens is 534 g/mol. The number of nitrogens with zero attached hydrogens (tertiary/aromatic N) is 3. The minimum Gasteiger partial charge on any atom is -0.491 e. The molecule has 158 valence electrons. The fourth-order valence-corrected chi connectivity index (χ4v) is 3.30. The van der Waals surface area contributed by atoms with Gasteiger partial charge in [-0.3, -0.25) is 5.32 Å². The second kappa shape index (κ2) is 9.67. The number of anilines is 1. The second-order valence-corrected chi connectivity index (χ2v) is 10.2. The van der Waals surface area contributed by atoms with Gasteiger partial charge in [0.25, 0.3) is 10.0 Å². The van der Waals surface area contributed by atoms with Gasteiger partial charge in [0.2, 0.25) is 5.95 Å². The lowest BCUT2D eigenvalue weighted by atomic mass is 10.2. The summed E-state index contributed by atoms with van der Waals surface area (Å²) in [6.07, 6.45) is 0. The normalized spacial score (nSPS) is 13.3. The monoisotopic (exact) mass is 551 g/mol. The Morgan fingerprint density at radius 3 is 2.59 bits per heavy atom. The average molecular weight is 553 g/mol. The van der Waals surface area contributed by atoms with Gasteiger partial charge in [0.15, 0.2) is 0 Å². The number of carbonyl (C=O) groups is 1. The number of urea groups is 1. The lowest BCUT2D eigenvalue weighted by Gasteiger charge is -2.21. The van der Waals surface area contributed by atoms with E-state index in [4.69, 9.17) is 9.47 Å². The Balaban J connectivity index is 2.17. The van der Waals surface area contributed by atoms with E-state index < -0.39 is 20.4 Å². The van der Waals surface area contributed by atoms with Crippen LogP contribution in [0.25, 0.3) is 0 Å². The molecule has 2 aromatic rings. The molecule has 0 aliphatic carbocycles. The first-order valence-corrected chi connectivity index (χ1v) is 11.5. The molecule has 2 amide bonds. The smallest absolute Gasteiger partial charge is 0.335 e. The maximum atomic E-state index is 12.7. The third kappa shape index (κ3) is 6.78. The fraction of sp³-hybridized carbons (Fsp3) is 0.375. The summed E-state index contributed by atoms with van der Waals surface area (Å²) in [5, 5.41) is 2.83. The summed E-state index contributed by atoms with van der Waals surface area (Å²) in [6, 6.07) is 4.94. The number of methoxy groups -OCH3 is 1. The highest BCUT2D eigenvalue weighted by Gasteiger charge is 2.25. The van der Waals surface area contributed by atoms with E-state index in [2.05, 4.69) is 52.1 Å². The number of nitrogens with one attached hydrogen (secondary N) is 2. The van der Waals surface area contributed by atoms with Gasteiger partial charge in [0.1, 0.15) is 23.1 Å². The zero-order valence-electron chi connectivity index (χ0n) is 15.8. The lowest BCUT2D eigenvalue weighted by Crippen LogP contribution is -2.35. The third-order valence-corrected chi connectivity index (χ3v) is 7.18. The number of carbonyl (C=O) groups excluding carboxylic acids is 1. The van der Waals surface area contributed by atoms with Crippen LogP contribution in [0, 0.1) is 6.92 Å². The molecule has 2 rings (SSSR count). The summed E-state index contributed by atoms with van der Waals surface area (Å²) >= 11 is 6.82. The molecule has 10 nitrogen and oxygen atoms in total. The molecule has 1 aromatic carbocycles. The van der Waals surface area contributed by atoms with Crippen LogP contribution in [0.3, 0.4) is 0 Å². The maximum Gasteiger partial charge on any atom is 0.335 e. The van der Waals surface area contributed by atoms with E-state index >= 15 is 0 Å². The summed E-state index contributed by atoms with van der Waals surface area (Å²) in [4.78, 5) is 23.6. The van der Waals surface area contributed by atoms with Gasteiger partial charge in [-0.2, -0.15) is 15.0 Å². The van der Waals surface area contributed by atoms with E-state index in [1.54, 1.807) is 13.0 Å². The predicted molar refractivity (Wildman–Crippen MR) is 114 cm³/mol. The zero-order valence-corrected chi connectivity index (χ0v) is 19.8. The first-order valence-electron chi connectivity index (χ1n) is 8.13. The standard InChI is InChI=1S/C16H19Br2N5O5S/c1-10-19-13(22-15(20-10)27-3)21-14(24)23-29(25,26)12-7-5-4-6-11(12)28-9-16(2,18)8-17/h4-7H,8-9H2,1-3H3,(H2,19,20,21,22,23,24). The van der Waals surface area contributed by atoms with Crippen LogP contribution in [0.2, 0.25) is 0 Å². The Bertz CT molecular complexity index is 987. The molecule has 0 aliphatic heterocycles. The topological polar surface area (TPSA) is 132 Å². The number of amides is 2. The molecule has 1 aromatic heterocycles. The minimum absolute atomic E-state index is 0.0148. The summed E-state index contributed by atoms with van der Waals surface area (Å²) < 4.78 is 37.4. The van der Waals surface area contributed by atoms with Crippen molar-refractivity contribution in [3.8, 4) is 11.8 Å². The molecule has 1 atom stereocenters. The van der Waals surface area contributed by atoms with Crippen LogP contribution >= 0.6 is 31.9 Å². The zero-order chi connectivity index (χ0) is 21.7. The van der Waals surface area contributed by atoms with Crippen LogP contribution in [-0.4, -0.2) is 52.8 Å². The van der Waals surface area contributed by atoms with Crippen molar-refractivity contribution in [2.45, 2.75) is 23.1 Å². The second-order valence-electron chi connectivity index (χ2n) is 6.03. The van der Waals surface area contributed by atoms with Gasteiger partial charge >= 0.3 is 12.0 Å². The van der Waals surface area contributed by atoms with Crippen molar-refractivity contribution in [3.63, 3.8) is 0 Å². The molecule has 2 N–H and O–H groups in total. The number of alkyl halides is 2. The summed E-state index contributed by atoms with van der Waals surface area (Å²) in [6.45, 7) is 3.65.